The maximum Gasteiger partial charge on any atom is 0.302 e. The Balaban J connectivity index is 1.47. The molecule has 5 aliphatic carbocycles. The first-order valence-electron chi connectivity index (χ1n) is 12.4. The van der Waals surface area contributed by atoms with Gasteiger partial charge in [0.2, 0.25) is 0 Å². The van der Waals surface area contributed by atoms with E-state index >= 15 is 0 Å². The Morgan fingerprint density at radius 3 is 2.50 bits per heavy atom. The van der Waals surface area contributed by atoms with Gasteiger partial charge in [0.05, 0.1) is 22.7 Å². The van der Waals surface area contributed by atoms with Crippen LogP contribution in [0.2, 0.25) is 0 Å². The molecule has 0 saturated heterocycles. The molecule has 4 fully saturated rings. The van der Waals surface area contributed by atoms with Gasteiger partial charge in [-0.1, -0.05) is 12.5 Å². The largest absolute Gasteiger partial charge is 0.462 e. The first-order chi connectivity index (χ1) is 15.1. The molecule has 0 heterocycles. The number of rotatable bonds is 2. The quantitative estimate of drug-likeness (QED) is 0.634. The molecular weight excluding hydrogens is 406 g/mol. The zero-order valence-electron chi connectivity index (χ0n) is 19.2. The average molecular weight is 442 g/mol. The van der Waals surface area contributed by atoms with Gasteiger partial charge in [-0.05, 0) is 81.6 Å². The molecule has 0 aromatic carbocycles. The van der Waals surface area contributed by atoms with Crippen LogP contribution in [0.15, 0.2) is 11.6 Å². The SMILES string of the molecule is CC(=O)OC1CCC2(C#N)[C@H]3CCC4(C)C(C5=CC(=O)CC5)CCC4(O)[C@@H]3CCC2(O)C1. The summed E-state index contributed by atoms with van der Waals surface area (Å²) in [6.45, 7) is 3.58. The van der Waals surface area contributed by atoms with E-state index in [0.29, 0.717) is 44.9 Å². The first-order valence-corrected chi connectivity index (χ1v) is 12.4. The number of ketones is 1. The van der Waals surface area contributed by atoms with Crippen molar-refractivity contribution >= 4 is 11.8 Å². The minimum atomic E-state index is -1.19. The van der Waals surface area contributed by atoms with Crippen molar-refractivity contribution in [3.63, 3.8) is 0 Å². The number of allylic oxidation sites excluding steroid dienone is 2. The van der Waals surface area contributed by atoms with Crippen LogP contribution in [0.25, 0.3) is 0 Å². The summed E-state index contributed by atoms with van der Waals surface area (Å²) >= 11 is 0. The second-order valence-electron chi connectivity index (χ2n) is 11.5. The van der Waals surface area contributed by atoms with Crippen LogP contribution in [0.1, 0.15) is 84.5 Å². The van der Waals surface area contributed by atoms with E-state index in [1.165, 1.54) is 12.5 Å². The Bertz CT molecular complexity index is 922. The van der Waals surface area contributed by atoms with E-state index in [-0.39, 0.29) is 41.0 Å². The van der Waals surface area contributed by atoms with E-state index in [4.69, 9.17) is 4.74 Å². The zero-order valence-corrected chi connectivity index (χ0v) is 19.2. The fourth-order valence-corrected chi connectivity index (χ4v) is 8.89. The molecule has 6 heteroatoms. The van der Waals surface area contributed by atoms with Crippen molar-refractivity contribution in [2.75, 3.05) is 0 Å². The predicted molar refractivity (Wildman–Crippen MR) is 116 cm³/mol. The van der Waals surface area contributed by atoms with Crippen LogP contribution < -0.4 is 0 Å². The molecule has 0 radical (unpaired) electrons. The molecule has 0 spiro atoms. The molecule has 174 valence electrons. The second-order valence-corrected chi connectivity index (χ2v) is 11.5. The van der Waals surface area contributed by atoms with E-state index in [9.17, 15) is 25.1 Å². The van der Waals surface area contributed by atoms with Gasteiger partial charge < -0.3 is 14.9 Å². The van der Waals surface area contributed by atoms with Crippen LogP contribution in [0.5, 0.6) is 0 Å². The Labute approximate surface area is 190 Å². The van der Waals surface area contributed by atoms with Crippen LogP contribution in [0.3, 0.4) is 0 Å². The Hall–Kier alpha value is -1.71. The summed E-state index contributed by atoms with van der Waals surface area (Å²) < 4.78 is 5.42. The van der Waals surface area contributed by atoms with Crippen LogP contribution in [-0.4, -0.2) is 39.3 Å². The number of aliphatic hydroxyl groups is 2. The third-order valence-corrected chi connectivity index (χ3v) is 10.4. The number of hydrogen-bond donors (Lipinski definition) is 2. The number of nitriles is 1. The summed E-state index contributed by atoms with van der Waals surface area (Å²) in [6, 6.07) is 2.56. The number of nitrogens with zero attached hydrogens (tertiary/aromatic N) is 1. The van der Waals surface area contributed by atoms with E-state index in [1.807, 2.05) is 6.08 Å². The molecule has 5 aliphatic rings. The lowest BCUT2D eigenvalue weighted by Crippen LogP contribution is -2.68. The summed E-state index contributed by atoms with van der Waals surface area (Å²) in [5, 5.41) is 34.5. The fraction of sp³-hybridized carbons (Fsp3) is 0.808. The molecule has 0 amide bonds. The summed E-state index contributed by atoms with van der Waals surface area (Å²) in [7, 11) is 0. The monoisotopic (exact) mass is 441 g/mol. The maximum atomic E-state index is 12.2. The molecule has 2 N–H and O–H groups in total. The third-order valence-electron chi connectivity index (χ3n) is 10.4. The molecule has 0 aliphatic heterocycles. The number of carbonyl (C=O) groups excluding carboxylic acids is 2. The van der Waals surface area contributed by atoms with E-state index < -0.39 is 16.6 Å². The Morgan fingerprint density at radius 2 is 1.84 bits per heavy atom. The molecule has 6 unspecified atom stereocenters. The van der Waals surface area contributed by atoms with Crippen LogP contribution >= 0.6 is 0 Å². The van der Waals surface area contributed by atoms with Gasteiger partial charge in [-0.25, -0.2) is 0 Å². The van der Waals surface area contributed by atoms with E-state index in [0.717, 1.165) is 25.7 Å². The van der Waals surface area contributed by atoms with Crippen molar-refractivity contribution in [1.29, 1.82) is 5.26 Å². The zero-order chi connectivity index (χ0) is 22.9. The number of fused-ring (bicyclic) bond motifs is 5. The predicted octanol–water partition coefficient (Wildman–Crippen LogP) is 3.60. The summed E-state index contributed by atoms with van der Waals surface area (Å²) in [5.41, 5.74) is -2.08. The highest BCUT2D eigenvalue weighted by Crippen LogP contribution is 2.70. The molecule has 0 bridgehead atoms. The van der Waals surface area contributed by atoms with Gasteiger partial charge in [-0.2, -0.15) is 5.26 Å². The van der Waals surface area contributed by atoms with Gasteiger partial charge >= 0.3 is 5.97 Å². The summed E-state index contributed by atoms with van der Waals surface area (Å²) in [4.78, 5) is 23.4. The van der Waals surface area contributed by atoms with Gasteiger partial charge in [-0.3, -0.25) is 9.59 Å². The maximum absolute atomic E-state index is 12.2. The third kappa shape index (κ3) is 2.77. The minimum Gasteiger partial charge on any atom is -0.462 e. The highest BCUT2D eigenvalue weighted by atomic mass is 16.5. The minimum absolute atomic E-state index is 0.0332. The van der Waals surface area contributed by atoms with Gasteiger partial charge in [-0.15, -0.1) is 0 Å². The van der Waals surface area contributed by atoms with E-state index in [1.54, 1.807) is 0 Å². The first kappa shape index (κ1) is 22.1. The lowest BCUT2D eigenvalue weighted by molar-refractivity contribution is -0.244. The smallest absolute Gasteiger partial charge is 0.302 e. The fourth-order valence-electron chi connectivity index (χ4n) is 8.89. The highest BCUT2D eigenvalue weighted by Gasteiger charge is 2.71. The Morgan fingerprint density at radius 1 is 1.09 bits per heavy atom. The molecule has 0 aromatic heterocycles. The van der Waals surface area contributed by atoms with Crippen molar-refractivity contribution < 1.29 is 24.5 Å². The van der Waals surface area contributed by atoms with Gasteiger partial charge in [0, 0.05) is 25.2 Å². The topological polar surface area (TPSA) is 108 Å². The highest BCUT2D eigenvalue weighted by molar-refractivity contribution is 5.93. The van der Waals surface area contributed by atoms with Crippen LogP contribution in [-0.2, 0) is 14.3 Å². The molecular formula is C26H35NO5. The molecule has 32 heavy (non-hydrogen) atoms. The number of carbonyl (C=O) groups is 2. The lowest BCUT2D eigenvalue weighted by Gasteiger charge is -2.64. The number of ether oxygens (including phenoxy) is 1. The normalized spacial score (nSPS) is 50.0. The van der Waals surface area contributed by atoms with Gasteiger partial charge in [0.1, 0.15) is 6.10 Å². The Kier molecular flexibility index (Phi) is 4.93. The molecule has 0 aromatic rings. The molecule has 6 nitrogen and oxygen atoms in total. The van der Waals surface area contributed by atoms with Crippen LogP contribution in [0.4, 0.5) is 0 Å². The van der Waals surface area contributed by atoms with Crippen LogP contribution in [0, 0.1) is 39.9 Å². The lowest BCUT2D eigenvalue weighted by atomic mass is 9.41. The van der Waals surface area contributed by atoms with Crippen molar-refractivity contribution in [3.05, 3.63) is 11.6 Å². The number of hydrogen-bond acceptors (Lipinski definition) is 6. The van der Waals surface area contributed by atoms with Crippen molar-refractivity contribution in [2.45, 2.75) is 102 Å². The summed E-state index contributed by atoms with van der Waals surface area (Å²) in [6.07, 6.45) is 8.53. The molecule has 4 saturated carbocycles. The molecule has 8 atom stereocenters. The summed E-state index contributed by atoms with van der Waals surface area (Å²) in [5.74, 6) is -0.0345. The van der Waals surface area contributed by atoms with E-state index in [2.05, 4.69) is 13.0 Å². The van der Waals surface area contributed by atoms with Gasteiger partial charge in [0.25, 0.3) is 0 Å². The average Bonchev–Trinajstić information content (AvgIpc) is 3.27. The van der Waals surface area contributed by atoms with Gasteiger partial charge in [0.15, 0.2) is 5.78 Å². The number of esters is 1. The molecule has 5 rings (SSSR count). The second kappa shape index (κ2) is 7.14. The van der Waals surface area contributed by atoms with Crippen molar-refractivity contribution in [3.8, 4) is 6.07 Å². The van der Waals surface area contributed by atoms with Crippen molar-refractivity contribution in [1.82, 2.24) is 0 Å². The standard InChI is InChI=1S/C26H35NO5/c1-16(28)32-19-5-10-24(15-27)21-6-9-23(2)20(17-3-4-18(29)13-17)8-12-26(23,31)22(21)7-11-25(24,30)14-19/h13,19-22,30-31H,3-12,14H2,1-2H3/t19?,20?,21-,22+,23?,24?,25?,26?/m0/s1. The van der Waals surface area contributed by atoms with Crippen molar-refractivity contribution in [2.24, 2.45) is 28.6 Å².